The van der Waals surface area contributed by atoms with Gasteiger partial charge in [-0.15, -0.1) is 0 Å². The molecular formula is C14H25N3O4. The Kier molecular flexibility index (Phi) is 5.41. The van der Waals surface area contributed by atoms with Crippen LogP contribution in [0.5, 0.6) is 0 Å². The van der Waals surface area contributed by atoms with Crippen molar-refractivity contribution in [3.63, 3.8) is 0 Å². The predicted octanol–water partition coefficient (Wildman–Crippen LogP) is 0.357. The molecule has 1 unspecified atom stereocenters. The minimum atomic E-state index is -0.820. The van der Waals surface area contributed by atoms with Gasteiger partial charge < -0.3 is 20.1 Å². The summed E-state index contributed by atoms with van der Waals surface area (Å²) in [6.07, 6.45) is 2.81. The fourth-order valence-corrected chi connectivity index (χ4v) is 2.87. The second kappa shape index (κ2) is 7.09. The Hall–Kier alpha value is -1.34. The number of nitrogens with zero attached hydrogens (tertiary/aromatic N) is 2. The molecule has 2 saturated heterocycles. The average Bonchev–Trinajstić information content (AvgIpc) is 2.73. The van der Waals surface area contributed by atoms with Crippen LogP contribution in [0.3, 0.4) is 0 Å². The van der Waals surface area contributed by atoms with Gasteiger partial charge in [0.2, 0.25) is 0 Å². The van der Waals surface area contributed by atoms with Gasteiger partial charge in [0.25, 0.3) is 0 Å². The predicted molar refractivity (Wildman–Crippen MR) is 77.3 cm³/mol. The fourth-order valence-electron chi connectivity index (χ4n) is 2.87. The summed E-state index contributed by atoms with van der Waals surface area (Å²) < 4.78 is 5.66. The van der Waals surface area contributed by atoms with Crippen molar-refractivity contribution in [3.05, 3.63) is 0 Å². The molecule has 21 heavy (non-hydrogen) atoms. The van der Waals surface area contributed by atoms with Gasteiger partial charge in [0.05, 0.1) is 12.1 Å². The number of carbonyl (C=O) groups excluding carboxylic acids is 1. The van der Waals surface area contributed by atoms with E-state index in [1.54, 1.807) is 4.90 Å². The topological polar surface area (TPSA) is 82.1 Å². The Labute approximate surface area is 125 Å². The highest BCUT2D eigenvalue weighted by atomic mass is 16.5. The van der Waals surface area contributed by atoms with Crippen molar-refractivity contribution in [2.75, 3.05) is 45.9 Å². The van der Waals surface area contributed by atoms with Crippen LogP contribution in [-0.2, 0) is 9.53 Å². The molecule has 7 nitrogen and oxygen atoms in total. The summed E-state index contributed by atoms with van der Waals surface area (Å²) in [7, 11) is 0. The van der Waals surface area contributed by atoms with Gasteiger partial charge in [-0.1, -0.05) is 0 Å². The normalized spacial score (nSPS) is 27.4. The molecule has 2 aliphatic rings. The van der Waals surface area contributed by atoms with E-state index < -0.39 is 5.97 Å². The summed E-state index contributed by atoms with van der Waals surface area (Å²) in [4.78, 5) is 26.6. The number of urea groups is 1. The van der Waals surface area contributed by atoms with Crippen LogP contribution in [0.2, 0.25) is 0 Å². The lowest BCUT2D eigenvalue weighted by molar-refractivity contribution is -0.138. The highest BCUT2D eigenvalue weighted by Crippen LogP contribution is 2.23. The van der Waals surface area contributed by atoms with Gasteiger partial charge in [-0.3, -0.25) is 9.69 Å². The SMILES string of the molecule is CC1(CNC(=O)N2CCCN(CC(=O)O)CC2)CCCO1. The van der Waals surface area contributed by atoms with Gasteiger partial charge in [0, 0.05) is 39.3 Å². The molecule has 0 aromatic heterocycles. The molecule has 2 aliphatic heterocycles. The first kappa shape index (κ1) is 16.0. The van der Waals surface area contributed by atoms with Crippen molar-refractivity contribution >= 4 is 12.0 Å². The fraction of sp³-hybridized carbons (Fsp3) is 0.857. The summed E-state index contributed by atoms with van der Waals surface area (Å²) >= 11 is 0. The highest BCUT2D eigenvalue weighted by molar-refractivity contribution is 5.74. The van der Waals surface area contributed by atoms with Crippen molar-refractivity contribution in [3.8, 4) is 0 Å². The van der Waals surface area contributed by atoms with Crippen molar-refractivity contribution < 1.29 is 19.4 Å². The van der Waals surface area contributed by atoms with E-state index in [9.17, 15) is 9.59 Å². The third-order valence-electron chi connectivity index (χ3n) is 4.15. The smallest absolute Gasteiger partial charge is 0.317 e. The van der Waals surface area contributed by atoms with Crippen LogP contribution in [0.25, 0.3) is 0 Å². The molecule has 2 fully saturated rings. The molecule has 120 valence electrons. The molecule has 0 bridgehead atoms. The first-order chi connectivity index (χ1) is 9.98. The molecule has 0 aliphatic carbocycles. The average molecular weight is 299 g/mol. The molecule has 0 saturated carbocycles. The third kappa shape index (κ3) is 4.86. The van der Waals surface area contributed by atoms with Crippen LogP contribution in [0.15, 0.2) is 0 Å². The Morgan fingerprint density at radius 1 is 1.24 bits per heavy atom. The zero-order chi connectivity index (χ0) is 15.3. The number of carboxylic acids is 1. The lowest BCUT2D eigenvalue weighted by atomic mass is 10.0. The largest absolute Gasteiger partial charge is 0.480 e. The van der Waals surface area contributed by atoms with E-state index >= 15 is 0 Å². The second-order valence-corrected chi connectivity index (χ2v) is 6.07. The van der Waals surface area contributed by atoms with Gasteiger partial charge in [-0.2, -0.15) is 0 Å². The lowest BCUT2D eigenvalue weighted by Gasteiger charge is -2.27. The molecule has 2 amide bonds. The van der Waals surface area contributed by atoms with Gasteiger partial charge in [0.1, 0.15) is 0 Å². The number of hydrogen-bond donors (Lipinski definition) is 2. The zero-order valence-electron chi connectivity index (χ0n) is 12.6. The van der Waals surface area contributed by atoms with Crippen LogP contribution in [0.4, 0.5) is 4.79 Å². The van der Waals surface area contributed by atoms with E-state index in [2.05, 4.69) is 5.32 Å². The number of carbonyl (C=O) groups is 2. The van der Waals surface area contributed by atoms with E-state index in [1.165, 1.54) is 0 Å². The van der Waals surface area contributed by atoms with E-state index in [0.717, 1.165) is 32.4 Å². The minimum absolute atomic E-state index is 0.0430. The number of ether oxygens (including phenoxy) is 1. The maximum absolute atomic E-state index is 12.2. The molecule has 1 atom stereocenters. The van der Waals surface area contributed by atoms with Gasteiger partial charge in [-0.25, -0.2) is 4.79 Å². The molecule has 2 rings (SSSR count). The van der Waals surface area contributed by atoms with Crippen molar-refractivity contribution in [2.45, 2.75) is 31.8 Å². The summed E-state index contributed by atoms with van der Waals surface area (Å²) in [5.41, 5.74) is -0.239. The molecule has 2 heterocycles. The molecule has 7 heteroatoms. The molecular weight excluding hydrogens is 274 g/mol. The quantitative estimate of drug-likeness (QED) is 0.783. The summed E-state index contributed by atoms with van der Waals surface area (Å²) in [6.45, 7) is 5.92. The number of hydrogen-bond acceptors (Lipinski definition) is 4. The van der Waals surface area contributed by atoms with Gasteiger partial charge in [-0.05, 0) is 26.2 Å². The maximum Gasteiger partial charge on any atom is 0.317 e. The zero-order valence-corrected chi connectivity index (χ0v) is 12.6. The van der Waals surface area contributed by atoms with Crippen LogP contribution < -0.4 is 5.32 Å². The highest BCUT2D eigenvalue weighted by Gasteiger charge is 2.31. The Morgan fingerprint density at radius 3 is 2.71 bits per heavy atom. The molecule has 0 radical (unpaired) electrons. The number of amides is 2. The van der Waals surface area contributed by atoms with Crippen LogP contribution in [0.1, 0.15) is 26.2 Å². The van der Waals surface area contributed by atoms with E-state index in [4.69, 9.17) is 9.84 Å². The number of rotatable bonds is 4. The van der Waals surface area contributed by atoms with Crippen molar-refractivity contribution in [1.82, 2.24) is 15.1 Å². The monoisotopic (exact) mass is 299 g/mol. The van der Waals surface area contributed by atoms with Crippen LogP contribution in [-0.4, -0.2) is 78.4 Å². The first-order valence-corrected chi connectivity index (χ1v) is 7.59. The van der Waals surface area contributed by atoms with Crippen LogP contribution >= 0.6 is 0 Å². The Bertz CT molecular complexity index is 382. The summed E-state index contributed by atoms with van der Waals surface area (Å²) in [5.74, 6) is -0.820. The Balaban J connectivity index is 1.76. The summed E-state index contributed by atoms with van der Waals surface area (Å²) in [5, 5.41) is 11.8. The number of aliphatic carboxylic acids is 1. The van der Waals surface area contributed by atoms with Gasteiger partial charge in [0.15, 0.2) is 0 Å². The lowest BCUT2D eigenvalue weighted by Crippen LogP contribution is -2.47. The van der Waals surface area contributed by atoms with Crippen LogP contribution in [0, 0.1) is 0 Å². The number of nitrogens with one attached hydrogen (secondary N) is 1. The summed E-state index contributed by atoms with van der Waals surface area (Å²) in [6, 6.07) is -0.0797. The maximum atomic E-state index is 12.2. The Morgan fingerprint density at radius 2 is 2.05 bits per heavy atom. The second-order valence-electron chi connectivity index (χ2n) is 6.07. The van der Waals surface area contributed by atoms with Gasteiger partial charge >= 0.3 is 12.0 Å². The van der Waals surface area contributed by atoms with Crippen molar-refractivity contribution in [2.24, 2.45) is 0 Å². The minimum Gasteiger partial charge on any atom is -0.480 e. The third-order valence-corrected chi connectivity index (χ3v) is 4.15. The molecule has 0 spiro atoms. The first-order valence-electron chi connectivity index (χ1n) is 7.59. The van der Waals surface area contributed by atoms with E-state index in [0.29, 0.717) is 26.2 Å². The van der Waals surface area contributed by atoms with E-state index in [-0.39, 0.29) is 18.2 Å². The number of carboxylic acid groups (broad SMARTS) is 1. The standard InChI is InChI=1S/C14H25N3O4/c1-14(4-2-9-21-14)11-15-13(20)17-6-3-5-16(7-8-17)10-12(18)19/h2-11H2,1H3,(H,15,20)(H,18,19). The van der Waals surface area contributed by atoms with E-state index in [1.807, 2.05) is 11.8 Å². The molecule has 0 aromatic carbocycles. The van der Waals surface area contributed by atoms with Crippen molar-refractivity contribution in [1.29, 1.82) is 0 Å². The molecule has 0 aromatic rings. The molecule has 2 N–H and O–H groups in total.